The van der Waals surface area contributed by atoms with E-state index in [1.807, 2.05) is 36.4 Å². The fourth-order valence-corrected chi connectivity index (χ4v) is 3.37. The summed E-state index contributed by atoms with van der Waals surface area (Å²) in [6.45, 7) is 0.230. The van der Waals surface area contributed by atoms with Gasteiger partial charge in [-0.15, -0.1) is 0 Å². The molecule has 2 heterocycles. The Morgan fingerprint density at radius 1 is 1.03 bits per heavy atom. The number of benzene rings is 2. The number of pyridine rings is 2. The van der Waals surface area contributed by atoms with Crippen LogP contribution in [0.2, 0.25) is 5.02 Å². The first kappa shape index (κ1) is 18.8. The number of para-hydroxylation sites is 1. The van der Waals surface area contributed by atoms with Gasteiger partial charge in [-0.25, -0.2) is 4.98 Å². The normalized spacial score (nSPS) is 10.7. The van der Waals surface area contributed by atoms with Gasteiger partial charge in [0.25, 0.3) is 5.91 Å². The van der Waals surface area contributed by atoms with Gasteiger partial charge in [0.2, 0.25) is 0 Å². The minimum Gasteiger partial charge on any atom is -0.348 e. The summed E-state index contributed by atoms with van der Waals surface area (Å²) < 4.78 is 0. The number of hydrogen-bond acceptors (Lipinski definition) is 4. The van der Waals surface area contributed by atoms with E-state index >= 15 is 0 Å². The van der Waals surface area contributed by atoms with Crippen molar-refractivity contribution in [1.29, 1.82) is 0 Å². The molecule has 0 spiro atoms. The minimum absolute atomic E-state index is 0.230. The van der Waals surface area contributed by atoms with Crippen LogP contribution in [0, 0.1) is 0 Å². The number of amides is 1. The zero-order valence-electron chi connectivity index (χ0n) is 15.3. The molecule has 5 nitrogen and oxygen atoms in total. The van der Waals surface area contributed by atoms with Crippen molar-refractivity contribution in [3.05, 3.63) is 94.6 Å². The van der Waals surface area contributed by atoms with Crippen LogP contribution in [0.25, 0.3) is 22.3 Å². The molecule has 142 valence electrons. The zero-order chi connectivity index (χ0) is 20.2. The number of carbonyl (C=O) groups excluding carboxylic acids is 2. The highest BCUT2D eigenvalue weighted by molar-refractivity contribution is 6.35. The molecule has 6 heteroatoms. The average molecular weight is 402 g/mol. The van der Waals surface area contributed by atoms with Gasteiger partial charge in [0.15, 0.2) is 6.29 Å². The Kier molecular flexibility index (Phi) is 5.31. The van der Waals surface area contributed by atoms with Crippen molar-refractivity contribution in [2.75, 3.05) is 0 Å². The van der Waals surface area contributed by atoms with E-state index < -0.39 is 0 Å². The first-order chi connectivity index (χ1) is 14.2. The summed E-state index contributed by atoms with van der Waals surface area (Å²) in [6.07, 6.45) is 2.37. The molecule has 4 rings (SSSR count). The predicted molar refractivity (Wildman–Crippen MR) is 113 cm³/mol. The highest BCUT2D eigenvalue weighted by atomic mass is 35.5. The molecule has 0 bridgehead atoms. The van der Waals surface area contributed by atoms with Gasteiger partial charge in [0.1, 0.15) is 0 Å². The van der Waals surface area contributed by atoms with E-state index in [0.717, 1.165) is 10.9 Å². The van der Waals surface area contributed by atoms with Gasteiger partial charge in [0, 0.05) is 29.3 Å². The van der Waals surface area contributed by atoms with Gasteiger partial charge in [0.05, 0.1) is 21.9 Å². The Morgan fingerprint density at radius 2 is 1.86 bits per heavy atom. The fraction of sp³-hybridized carbons (Fsp3) is 0.0435. The Morgan fingerprint density at radius 3 is 2.66 bits per heavy atom. The van der Waals surface area contributed by atoms with E-state index in [1.54, 1.807) is 36.5 Å². The number of aromatic nitrogens is 2. The van der Waals surface area contributed by atoms with Gasteiger partial charge in [-0.3, -0.25) is 14.6 Å². The van der Waals surface area contributed by atoms with E-state index in [4.69, 9.17) is 16.6 Å². The fourth-order valence-electron chi connectivity index (χ4n) is 3.14. The Hall–Kier alpha value is -3.57. The average Bonchev–Trinajstić information content (AvgIpc) is 2.77. The number of fused-ring (bicyclic) bond motifs is 1. The molecule has 0 aliphatic carbocycles. The predicted octanol–water partition coefficient (Wildman–Crippen LogP) is 4.69. The van der Waals surface area contributed by atoms with Gasteiger partial charge in [-0.1, -0.05) is 48.0 Å². The van der Waals surface area contributed by atoms with Crippen molar-refractivity contribution in [3.8, 4) is 11.4 Å². The third-order valence-corrected chi connectivity index (χ3v) is 4.86. The van der Waals surface area contributed by atoms with Crippen LogP contribution in [-0.2, 0) is 6.54 Å². The van der Waals surface area contributed by atoms with Crippen molar-refractivity contribution in [2.45, 2.75) is 6.54 Å². The number of aldehydes is 1. The smallest absolute Gasteiger partial charge is 0.252 e. The summed E-state index contributed by atoms with van der Waals surface area (Å²) in [4.78, 5) is 33.0. The molecule has 0 fully saturated rings. The second-order valence-electron chi connectivity index (χ2n) is 6.41. The molecule has 2 aromatic carbocycles. The number of halogens is 1. The summed E-state index contributed by atoms with van der Waals surface area (Å²) in [5, 5.41) is 4.30. The lowest BCUT2D eigenvalue weighted by Crippen LogP contribution is -2.24. The van der Waals surface area contributed by atoms with Gasteiger partial charge in [-0.05, 0) is 35.9 Å². The maximum Gasteiger partial charge on any atom is 0.252 e. The molecule has 4 aromatic rings. The summed E-state index contributed by atoms with van der Waals surface area (Å²) >= 11 is 6.32. The topological polar surface area (TPSA) is 72.0 Å². The Bertz CT molecular complexity index is 1210. The van der Waals surface area contributed by atoms with Crippen LogP contribution >= 0.6 is 11.6 Å². The van der Waals surface area contributed by atoms with E-state index in [2.05, 4.69) is 10.3 Å². The third-order valence-electron chi connectivity index (χ3n) is 4.55. The quantitative estimate of drug-likeness (QED) is 0.492. The lowest BCUT2D eigenvalue weighted by Gasteiger charge is -2.13. The van der Waals surface area contributed by atoms with Crippen molar-refractivity contribution in [2.24, 2.45) is 0 Å². The van der Waals surface area contributed by atoms with Crippen molar-refractivity contribution in [3.63, 3.8) is 0 Å². The summed E-state index contributed by atoms with van der Waals surface area (Å²) in [5.41, 5.74) is 3.49. The molecule has 0 saturated carbocycles. The van der Waals surface area contributed by atoms with Gasteiger partial charge < -0.3 is 5.32 Å². The molecule has 0 aliphatic rings. The molecule has 1 N–H and O–H groups in total. The van der Waals surface area contributed by atoms with E-state index in [0.29, 0.717) is 39.3 Å². The number of rotatable bonds is 5. The molecule has 0 radical (unpaired) electrons. The lowest BCUT2D eigenvalue weighted by molar-refractivity contribution is 0.0945. The Labute approximate surface area is 172 Å². The highest BCUT2D eigenvalue weighted by Gasteiger charge is 2.15. The van der Waals surface area contributed by atoms with Crippen molar-refractivity contribution < 1.29 is 9.59 Å². The van der Waals surface area contributed by atoms with Gasteiger partial charge >= 0.3 is 0 Å². The van der Waals surface area contributed by atoms with Gasteiger partial charge in [-0.2, -0.15) is 0 Å². The highest BCUT2D eigenvalue weighted by Crippen LogP contribution is 2.28. The monoisotopic (exact) mass is 401 g/mol. The van der Waals surface area contributed by atoms with Crippen LogP contribution in [0.3, 0.4) is 0 Å². The standard InChI is InChI=1S/C23H16ClN3O2/c24-19-9-5-7-15-12-17(22(27-21(15)19)20-10-3-4-11-25-20)13-26-23(29)18-8-2-1-6-16(18)14-28/h1-12,14H,13H2,(H,26,29). The number of hydrogen-bond donors (Lipinski definition) is 1. The molecule has 0 aliphatic heterocycles. The van der Waals surface area contributed by atoms with Crippen LogP contribution < -0.4 is 5.32 Å². The molecule has 2 aromatic heterocycles. The maximum absolute atomic E-state index is 12.6. The first-order valence-corrected chi connectivity index (χ1v) is 9.37. The zero-order valence-corrected chi connectivity index (χ0v) is 16.1. The molecule has 0 saturated heterocycles. The van der Waals surface area contributed by atoms with E-state index in [1.165, 1.54) is 0 Å². The molecular formula is C23H16ClN3O2. The third kappa shape index (κ3) is 3.86. The SMILES string of the molecule is O=Cc1ccccc1C(=O)NCc1cc2cccc(Cl)c2nc1-c1ccccn1. The maximum atomic E-state index is 12.6. The lowest BCUT2D eigenvalue weighted by atomic mass is 10.1. The second kappa shape index (κ2) is 8.20. The molecular weight excluding hydrogens is 386 g/mol. The molecule has 29 heavy (non-hydrogen) atoms. The number of carbonyl (C=O) groups is 2. The second-order valence-corrected chi connectivity index (χ2v) is 6.82. The van der Waals surface area contributed by atoms with Crippen LogP contribution in [0.1, 0.15) is 26.3 Å². The van der Waals surface area contributed by atoms with E-state index in [-0.39, 0.29) is 12.5 Å². The first-order valence-electron chi connectivity index (χ1n) is 8.99. The Balaban J connectivity index is 1.72. The van der Waals surface area contributed by atoms with Crippen LogP contribution in [0.4, 0.5) is 0 Å². The van der Waals surface area contributed by atoms with Crippen LogP contribution in [0.15, 0.2) is 72.9 Å². The largest absolute Gasteiger partial charge is 0.348 e. The van der Waals surface area contributed by atoms with E-state index in [9.17, 15) is 9.59 Å². The molecule has 1 amide bonds. The van der Waals surface area contributed by atoms with Crippen molar-refractivity contribution >= 4 is 34.7 Å². The number of nitrogens with one attached hydrogen (secondary N) is 1. The van der Waals surface area contributed by atoms with Crippen LogP contribution in [0.5, 0.6) is 0 Å². The summed E-state index contributed by atoms with van der Waals surface area (Å²) in [5.74, 6) is -0.328. The summed E-state index contributed by atoms with van der Waals surface area (Å²) in [7, 11) is 0. The number of nitrogens with zero attached hydrogens (tertiary/aromatic N) is 2. The van der Waals surface area contributed by atoms with Crippen molar-refractivity contribution in [1.82, 2.24) is 15.3 Å². The van der Waals surface area contributed by atoms with Crippen LogP contribution in [-0.4, -0.2) is 22.2 Å². The minimum atomic E-state index is -0.328. The molecule has 0 unspecified atom stereocenters. The molecule has 0 atom stereocenters. The summed E-state index contributed by atoms with van der Waals surface area (Å²) in [6, 6.07) is 19.8.